The number of amides is 1. The molecule has 1 aromatic rings. The van der Waals surface area contributed by atoms with E-state index in [-0.39, 0.29) is 5.75 Å². The zero-order valence-corrected chi connectivity index (χ0v) is 9.60. The molecule has 1 amide bonds. The Bertz CT molecular complexity index is 391. The fraction of sp³-hybridized carbons (Fsp3) is 0.364. The molecule has 0 aliphatic carbocycles. The number of nitrogens with two attached hydrogens (primary N) is 1. The third-order valence-electron chi connectivity index (χ3n) is 2.30. The van der Waals surface area contributed by atoms with Crippen LogP contribution in [0.2, 0.25) is 0 Å². The molecule has 88 valence electrons. The molecule has 5 nitrogen and oxygen atoms in total. The Hall–Kier alpha value is -1.75. The molecule has 1 rings (SSSR count). The van der Waals surface area contributed by atoms with E-state index in [1.54, 1.807) is 31.1 Å². The number of carbonyl (C=O) groups excluding carboxylic acids is 1. The number of phenols is 1. The largest absolute Gasteiger partial charge is 0.504 e. The Labute approximate surface area is 94.4 Å². The lowest BCUT2D eigenvalue weighted by Crippen LogP contribution is -2.32. The summed E-state index contributed by atoms with van der Waals surface area (Å²) in [7, 11) is 4.96. The number of carbonyl (C=O) groups is 1. The smallest absolute Gasteiger partial charge is 0.239 e. The minimum Gasteiger partial charge on any atom is -0.504 e. The fourth-order valence-electron chi connectivity index (χ4n) is 1.59. The zero-order chi connectivity index (χ0) is 12.3. The van der Waals surface area contributed by atoms with Crippen molar-refractivity contribution in [1.29, 1.82) is 0 Å². The van der Waals surface area contributed by atoms with Crippen LogP contribution in [0.3, 0.4) is 0 Å². The van der Waals surface area contributed by atoms with Gasteiger partial charge in [0.25, 0.3) is 0 Å². The average Bonchev–Trinajstić information content (AvgIpc) is 2.16. The van der Waals surface area contributed by atoms with Gasteiger partial charge in [0.1, 0.15) is 6.04 Å². The molecular formula is C11H16N2O3. The number of methoxy groups -OCH3 is 1. The Morgan fingerprint density at radius 2 is 2.12 bits per heavy atom. The van der Waals surface area contributed by atoms with Crippen LogP contribution in [-0.4, -0.2) is 37.1 Å². The molecule has 0 fully saturated rings. The predicted octanol–water partition coefficient (Wildman–Crippen LogP) is 0.489. The van der Waals surface area contributed by atoms with Gasteiger partial charge in [-0.2, -0.15) is 0 Å². The summed E-state index contributed by atoms with van der Waals surface area (Å²) in [5, 5.41) is 9.61. The molecule has 0 saturated carbocycles. The normalized spacial score (nSPS) is 12.5. The minimum atomic E-state index is -0.559. The molecule has 0 bridgehead atoms. The van der Waals surface area contributed by atoms with Crippen molar-refractivity contribution in [1.82, 2.24) is 4.90 Å². The first-order valence-corrected chi connectivity index (χ1v) is 4.80. The van der Waals surface area contributed by atoms with Crippen LogP contribution in [0.4, 0.5) is 0 Å². The molecule has 0 aromatic heterocycles. The molecule has 0 spiro atoms. The van der Waals surface area contributed by atoms with Crippen LogP contribution in [0.25, 0.3) is 0 Å². The maximum absolute atomic E-state index is 11.3. The monoisotopic (exact) mass is 224 g/mol. The second kappa shape index (κ2) is 4.85. The predicted molar refractivity (Wildman–Crippen MR) is 60.3 cm³/mol. The van der Waals surface area contributed by atoms with Crippen molar-refractivity contribution in [2.24, 2.45) is 5.73 Å². The van der Waals surface area contributed by atoms with Crippen molar-refractivity contribution in [3.8, 4) is 11.5 Å². The third kappa shape index (κ3) is 2.43. The van der Waals surface area contributed by atoms with Crippen LogP contribution < -0.4 is 10.5 Å². The number of likely N-dealkylation sites (N-methyl/N-ethyl adjacent to an activating group) is 1. The van der Waals surface area contributed by atoms with Gasteiger partial charge in [0, 0.05) is 0 Å². The van der Waals surface area contributed by atoms with Crippen molar-refractivity contribution >= 4 is 5.91 Å². The average molecular weight is 224 g/mol. The summed E-state index contributed by atoms with van der Waals surface area (Å²) >= 11 is 0. The van der Waals surface area contributed by atoms with Gasteiger partial charge in [0.2, 0.25) is 5.91 Å². The van der Waals surface area contributed by atoms with Gasteiger partial charge >= 0.3 is 0 Å². The van der Waals surface area contributed by atoms with Crippen LogP contribution in [0, 0.1) is 0 Å². The van der Waals surface area contributed by atoms with Gasteiger partial charge in [-0.1, -0.05) is 6.07 Å². The Morgan fingerprint density at radius 1 is 1.50 bits per heavy atom. The second-order valence-corrected chi connectivity index (χ2v) is 3.70. The minimum absolute atomic E-state index is 0.00639. The molecule has 1 atom stereocenters. The maximum Gasteiger partial charge on any atom is 0.239 e. The summed E-state index contributed by atoms with van der Waals surface area (Å²) in [4.78, 5) is 13.0. The van der Waals surface area contributed by atoms with E-state index >= 15 is 0 Å². The standard InChI is InChI=1S/C11H16N2O3/c1-13(2)10(11(12)15)7-4-5-9(16-3)8(14)6-7/h4-6,10,14H,1-3H3,(H2,12,15). The van der Waals surface area contributed by atoms with Crippen molar-refractivity contribution in [2.45, 2.75) is 6.04 Å². The van der Waals surface area contributed by atoms with Crippen LogP contribution in [-0.2, 0) is 4.79 Å². The lowest BCUT2D eigenvalue weighted by molar-refractivity contribution is -0.122. The number of nitrogens with zero attached hydrogens (tertiary/aromatic N) is 1. The fourth-order valence-corrected chi connectivity index (χ4v) is 1.59. The first-order valence-electron chi connectivity index (χ1n) is 4.80. The highest BCUT2D eigenvalue weighted by Gasteiger charge is 2.21. The third-order valence-corrected chi connectivity index (χ3v) is 2.30. The molecule has 16 heavy (non-hydrogen) atoms. The number of aromatic hydroxyl groups is 1. The summed E-state index contributed by atoms with van der Waals surface area (Å²) < 4.78 is 4.92. The Balaban J connectivity index is 3.12. The van der Waals surface area contributed by atoms with Crippen molar-refractivity contribution < 1.29 is 14.6 Å². The molecule has 0 saturated heterocycles. The summed E-state index contributed by atoms with van der Waals surface area (Å²) in [5.74, 6) is -0.103. The molecule has 1 unspecified atom stereocenters. The van der Waals surface area contributed by atoms with E-state index in [2.05, 4.69) is 0 Å². The van der Waals surface area contributed by atoms with Gasteiger partial charge < -0.3 is 15.6 Å². The Morgan fingerprint density at radius 3 is 2.50 bits per heavy atom. The number of hydrogen-bond acceptors (Lipinski definition) is 4. The Kier molecular flexibility index (Phi) is 3.73. The molecule has 3 N–H and O–H groups in total. The SMILES string of the molecule is COc1ccc(C(C(N)=O)N(C)C)cc1O. The number of rotatable bonds is 4. The number of primary amides is 1. The number of hydrogen-bond donors (Lipinski definition) is 2. The van der Waals surface area contributed by atoms with E-state index < -0.39 is 11.9 Å². The summed E-state index contributed by atoms with van der Waals surface area (Å²) in [6.07, 6.45) is 0. The summed E-state index contributed by atoms with van der Waals surface area (Å²) in [6, 6.07) is 4.23. The highest BCUT2D eigenvalue weighted by molar-refractivity contribution is 5.81. The van der Waals surface area contributed by atoms with Gasteiger partial charge in [0.15, 0.2) is 11.5 Å². The van der Waals surface area contributed by atoms with Crippen molar-refractivity contribution in [3.05, 3.63) is 23.8 Å². The van der Waals surface area contributed by atoms with Gasteiger partial charge in [-0.3, -0.25) is 9.69 Å². The maximum atomic E-state index is 11.3. The molecular weight excluding hydrogens is 208 g/mol. The molecule has 0 heterocycles. The van der Waals surface area contributed by atoms with Gasteiger partial charge in [-0.05, 0) is 31.8 Å². The highest BCUT2D eigenvalue weighted by atomic mass is 16.5. The number of benzene rings is 1. The van der Waals surface area contributed by atoms with Crippen molar-refractivity contribution in [3.63, 3.8) is 0 Å². The number of phenolic OH excluding ortho intramolecular Hbond substituents is 1. The van der Waals surface area contributed by atoms with E-state index in [1.165, 1.54) is 13.2 Å². The second-order valence-electron chi connectivity index (χ2n) is 3.70. The quantitative estimate of drug-likeness (QED) is 0.780. The van der Waals surface area contributed by atoms with E-state index in [0.29, 0.717) is 11.3 Å². The van der Waals surface area contributed by atoms with Crippen LogP contribution in [0.5, 0.6) is 11.5 Å². The zero-order valence-electron chi connectivity index (χ0n) is 9.60. The molecule has 5 heteroatoms. The van der Waals surface area contributed by atoms with Gasteiger partial charge in [0.05, 0.1) is 7.11 Å². The van der Waals surface area contributed by atoms with Gasteiger partial charge in [-0.25, -0.2) is 0 Å². The van der Waals surface area contributed by atoms with Gasteiger partial charge in [-0.15, -0.1) is 0 Å². The number of ether oxygens (including phenoxy) is 1. The van der Waals surface area contributed by atoms with Crippen molar-refractivity contribution in [2.75, 3.05) is 21.2 Å². The molecule has 0 aliphatic rings. The lowest BCUT2D eigenvalue weighted by Gasteiger charge is -2.21. The van der Waals surface area contributed by atoms with Crippen LogP contribution in [0.15, 0.2) is 18.2 Å². The van der Waals surface area contributed by atoms with E-state index in [9.17, 15) is 9.90 Å². The lowest BCUT2D eigenvalue weighted by atomic mass is 10.0. The topological polar surface area (TPSA) is 75.8 Å². The first-order chi connectivity index (χ1) is 7.47. The van der Waals surface area contributed by atoms with E-state index in [4.69, 9.17) is 10.5 Å². The van der Waals surface area contributed by atoms with Crippen LogP contribution in [0.1, 0.15) is 11.6 Å². The van der Waals surface area contributed by atoms with E-state index in [1.807, 2.05) is 0 Å². The highest BCUT2D eigenvalue weighted by Crippen LogP contribution is 2.30. The molecule has 0 aliphatic heterocycles. The summed E-state index contributed by atoms with van der Waals surface area (Å²) in [6.45, 7) is 0. The van der Waals surface area contributed by atoms with E-state index in [0.717, 1.165) is 0 Å². The van der Waals surface area contributed by atoms with Crippen LogP contribution >= 0.6 is 0 Å². The first kappa shape index (κ1) is 12.3. The molecule has 0 radical (unpaired) electrons. The summed E-state index contributed by atoms with van der Waals surface area (Å²) in [5.41, 5.74) is 5.93. The molecule has 1 aromatic carbocycles.